The topological polar surface area (TPSA) is 107 Å². The van der Waals surface area contributed by atoms with Gasteiger partial charge in [-0.05, 0) is 48.4 Å². The van der Waals surface area contributed by atoms with Crippen molar-refractivity contribution in [2.75, 3.05) is 73.3 Å². The lowest BCUT2D eigenvalue weighted by molar-refractivity contribution is -0.884. The number of hydrogen-bond donors (Lipinski definition) is 1. The molecule has 11 heteroatoms. The number of hydrogen-bond acceptors (Lipinski definition) is 8. The molecule has 0 aromatic heterocycles. The normalized spacial score (nSPS) is 18.8. The number of carbonyl (C=O) groups excluding carboxylic acids is 1. The van der Waals surface area contributed by atoms with Gasteiger partial charge in [-0.2, -0.15) is 0 Å². The summed E-state index contributed by atoms with van der Waals surface area (Å²) in [5.41, 5.74) is 2.71. The van der Waals surface area contributed by atoms with Crippen molar-refractivity contribution in [1.29, 1.82) is 0 Å². The molecule has 0 bridgehead atoms. The summed E-state index contributed by atoms with van der Waals surface area (Å²) in [7, 11) is 9.51. The number of aliphatic carboxylic acids is 1. The zero-order chi connectivity index (χ0) is 34.4. The van der Waals surface area contributed by atoms with Gasteiger partial charge in [0, 0.05) is 30.3 Å². The SMILES string of the molecule is CCCCN(C(=O)CN1C[C@H](c2cc(OC)c3c(c2)OCO3)[C@@H](C(=O)O)[C@@H]1COc1ccccc1OC)c1cccc(C[N+](C)(C)C)c1. The molecule has 0 aliphatic carbocycles. The number of carboxylic acids is 1. The van der Waals surface area contributed by atoms with Crippen LogP contribution in [0.3, 0.4) is 0 Å². The summed E-state index contributed by atoms with van der Waals surface area (Å²) < 4.78 is 29.4. The van der Waals surface area contributed by atoms with Gasteiger partial charge >= 0.3 is 5.97 Å². The summed E-state index contributed by atoms with van der Waals surface area (Å²) in [6, 6.07) is 18.4. The van der Waals surface area contributed by atoms with Gasteiger partial charge in [-0.25, -0.2) is 0 Å². The number of unbranched alkanes of at least 4 members (excludes halogenated alkanes) is 1. The molecule has 5 rings (SSSR count). The van der Waals surface area contributed by atoms with Crippen LogP contribution in [0.25, 0.3) is 0 Å². The molecule has 1 saturated heterocycles. The smallest absolute Gasteiger partial charge is 0.308 e. The average Bonchev–Trinajstić information content (AvgIpc) is 3.68. The van der Waals surface area contributed by atoms with E-state index in [0.29, 0.717) is 41.8 Å². The summed E-state index contributed by atoms with van der Waals surface area (Å²) in [4.78, 5) is 31.2. The molecule has 0 unspecified atom stereocenters. The number of ether oxygens (including phenoxy) is 5. The molecule has 11 nitrogen and oxygen atoms in total. The number of likely N-dealkylation sites (tertiary alicyclic amines) is 1. The highest BCUT2D eigenvalue weighted by Gasteiger charge is 2.48. The van der Waals surface area contributed by atoms with Gasteiger partial charge in [-0.3, -0.25) is 14.5 Å². The van der Waals surface area contributed by atoms with E-state index in [1.165, 1.54) is 0 Å². The molecule has 48 heavy (non-hydrogen) atoms. The Morgan fingerprint density at radius 2 is 1.73 bits per heavy atom. The molecule has 0 radical (unpaired) electrons. The quantitative estimate of drug-likeness (QED) is 0.225. The van der Waals surface area contributed by atoms with Crippen LogP contribution in [-0.4, -0.2) is 101 Å². The molecule has 258 valence electrons. The van der Waals surface area contributed by atoms with Crippen molar-refractivity contribution in [1.82, 2.24) is 4.90 Å². The first-order valence-electron chi connectivity index (χ1n) is 16.4. The Balaban J connectivity index is 1.49. The fourth-order valence-electron chi connectivity index (χ4n) is 6.66. The number of para-hydroxylation sites is 2. The monoisotopic (exact) mass is 662 g/mol. The molecule has 3 aromatic carbocycles. The van der Waals surface area contributed by atoms with Crippen LogP contribution >= 0.6 is 0 Å². The van der Waals surface area contributed by atoms with E-state index in [4.69, 9.17) is 23.7 Å². The summed E-state index contributed by atoms with van der Waals surface area (Å²) in [6.45, 7) is 3.91. The number of benzene rings is 3. The van der Waals surface area contributed by atoms with Crippen LogP contribution in [0.5, 0.6) is 28.7 Å². The molecule has 2 aliphatic rings. The number of rotatable bonds is 15. The first-order chi connectivity index (χ1) is 23.0. The zero-order valence-corrected chi connectivity index (χ0v) is 28.8. The molecule has 1 amide bonds. The molecular weight excluding hydrogens is 614 g/mol. The number of nitrogens with zero attached hydrogens (tertiary/aromatic N) is 3. The van der Waals surface area contributed by atoms with Crippen LogP contribution in [0.2, 0.25) is 0 Å². The molecule has 2 aliphatic heterocycles. The van der Waals surface area contributed by atoms with E-state index in [1.54, 1.807) is 26.4 Å². The largest absolute Gasteiger partial charge is 0.493 e. The molecule has 2 heterocycles. The Labute approximate surface area is 283 Å². The second-order valence-electron chi connectivity index (χ2n) is 13.4. The van der Waals surface area contributed by atoms with E-state index in [2.05, 4.69) is 40.2 Å². The van der Waals surface area contributed by atoms with E-state index in [9.17, 15) is 14.7 Å². The average molecular weight is 663 g/mol. The predicted molar refractivity (Wildman–Crippen MR) is 182 cm³/mol. The number of amides is 1. The first-order valence-corrected chi connectivity index (χ1v) is 16.4. The van der Waals surface area contributed by atoms with Crippen molar-refractivity contribution < 1.29 is 42.9 Å². The van der Waals surface area contributed by atoms with E-state index in [-0.39, 0.29) is 25.9 Å². The van der Waals surface area contributed by atoms with E-state index < -0.39 is 23.8 Å². The van der Waals surface area contributed by atoms with Crippen molar-refractivity contribution >= 4 is 17.6 Å². The maximum absolute atomic E-state index is 14.3. The van der Waals surface area contributed by atoms with Crippen molar-refractivity contribution in [3.63, 3.8) is 0 Å². The highest BCUT2D eigenvalue weighted by Crippen LogP contribution is 2.47. The number of fused-ring (bicyclic) bond motifs is 1. The van der Waals surface area contributed by atoms with Gasteiger partial charge in [0.25, 0.3) is 0 Å². The molecule has 0 saturated carbocycles. The first kappa shape index (κ1) is 34.8. The van der Waals surface area contributed by atoms with E-state index >= 15 is 0 Å². The van der Waals surface area contributed by atoms with E-state index in [0.717, 1.165) is 40.7 Å². The Morgan fingerprint density at radius 3 is 2.42 bits per heavy atom. The third kappa shape index (κ3) is 7.96. The van der Waals surface area contributed by atoms with Crippen LogP contribution in [0.4, 0.5) is 5.69 Å². The molecule has 0 spiro atoms. The molecule has 3 atom stereocenters. The Kier molecular flexibility index (Phi) is 11.0. The summed E-state index contributed by atoms with van der Waals surface area (Å²) in [5.74, 6) is 0.0650. The third-order valence-corrected chi connectivity index (χ3v) is 8.87. The minimum atomic E-state index is -0.976. The molecule has 1 N–H and O–H groups in total. The van der Waals surface area contributed by atoms with Crippen molar-refractivity contribution in [3.8, 4) is 28.7 Å². The zero-order valence-electron chi connectivity index (χ0n) is 28.8. The number of carbonyl (C=O) groups is 2. The van der Waals surface area contributed by atoms with Gasteiger partial charge in [0.2, 0.25) is 18.4 Å². The predicted octanol–water partition coefficient (Wildman–Crippen LogP) is 5.02. The fourth-order valence-corrected chi connectivity index (χ4v) is 6.66. The molecule has 3 aromatic rings. The third-order valence-electron chi connectivity index (χ3n) is 8.87. The maximum atomic E-state index is 14.3. The Bertz CT molecular complexity index is 1590. The van der Waals surface area contributed by atoms with Crippen molar-refractivity contribution in [2.45, 2.75) is 38.3 Å². The van der Waals surface area contributed by atoms with Crippen LogP contribution in [-0.2, 0) is 16.1 Å². The van der Waals surface area contributed by atoms with Crippen LogP contribution < -0.4 is 28.6 Å². The number of quaternary nitrogens is 1. The van der Waals surface area contributed by atoms with Crippen molar-refractivity contribution in [2.24, 2.45) is 5.92 Å². The molecule has 1 fully saturated rings. The van der Waals surface area contributed by atoms with Gasteiger partial charge in [-0.15, -0.1) is 0 Å². The van der Waals surface area contributed by atoms with Crippen molar-refractivity contribution in [3.05, 3.63) is 71.8 Å². The van der Waals surface area contributed by atoms with Gasteiger partial charge < -0.3 is 38.2 Å². The number of anilines is 1. The van der Waals surface area contributed by atoms with Gasteiger partial charge in [0.15, 0.2) is 23.0 Å². The minimum absolute atomic E-state index is 0.0190. The number of carboxylic acid groups (broad SMARTS) is 1. The lowest BCUT2D eigenvalue weighted by Crippen LogP contribution is -2.46. The lowest BCUT2D eigenvalue weighted by atomic mass is 9.85. The highest BCUT2D eigenvalue weighted by atomic mass is 16.7. The van der Waals surface area contributed by atoms with Gasteiger partial charge in [0.1, 0.15) is 13.2 Å². The second kappa shape index (κ2) is 15.2. The summed E-state index contributed by atoms with van der Waals surface area (Å²) >= 11 is 0. The summed E-state index contributed by atoms with van der Waals surface area (Å²) in [5, 5.41) is 10.7. The van der Waals surface area contributed by atoms with Gasteiger partial charge in [-0.1, -0.05) is 37.6 Å². The van der Waals surface area contributed by atoms with E-state index in [1.807, 2.05) is 46.2 Å². The molecular formula is C37H48N3O8+. The van der Waals surface area contributed by atoms with Crippen LogP contribution in [0.15, 0.2) is 60.7 Å². The van der Waals surface area contributed by atoms with Gasteiger partial charge in [0.05, 0.1) is 53.9 Å². The van der Waals surface area contributed by atoms with Crippen LogP contribution in [0, 0.1) is 5.92 Å². The fraction of sp³-hybridized carbons (Fsp3) is 0.459. The highest BCUT2D eigenvalue weighted by molar-refractivity contribution is 5.95. The minimum Gasteiger partial charge on any atom is -0.493 e. The second-order valence-corrected chi connectivity index (χ2v) is 13.4. The maximum Gasteiger partial charge on any atom is 0.308 e. The Morgan fingerprint density at radius 1 is 0.979 bits per heavy atom. The number of methoxy groups -OCH3 is 2. The lowest BCUT2D eigenvalue weighted by Gasteiger charge is -2.30. The van der Waals surface area contributed by atoms with Crippen LogP contribution in [0.1, 0.15) is 36.8 Å². The Hall–Kier alpha value is -4.48. The standard InChI is InChI=1S/C37H47N3O8/c1-7-8-16-39(27-13-11-12-25(17-27)22-40(2,3)4)34(41)21-38-20-28(26-18-32(45-6)36-33(19-26)47-24-48-36)35(37(42)43)29(38)23-46-31-15-10-9-14-30(31)44-5/h9-15,17-19,28-29,35H,7-8,16,20-24H2,1-6H3/p+1/t28-,29+,35-/m1/s1. The summed E-state index contributed by atoms with van der Waals surface area (Å²) in [6.07, 6.45) is 1.76.